The Labute approximate surface area is 121 Å². The van der Waals surface area contributed by atoms with Gasteiger partial charge in [-0.15, -0.1) is 0 Å². The number of nitrogens with zero attached hydrogens (tertiary/aromatic N) is 1. The molecule has 0 atom stereocenters. The molecule has 3 heteroatoms. The zero-order chi connectivity index (χ0) is 14.5. The summed E-state index contributed by atoms with van der Waals surface area (Å²) in [6, 6.07) is 10.4. The fourth-order valence-electron chi connectivity index (χ4n) is 2.32. The normalized spacial score (nSPS) is 10.4. The van der Waals surface area contributed by atoms with Crippen LogP contribution in [0.3, 0.4) is 0 Å². The van der Waals surface area contributed by atoms with Crippen molar-refractivity contribution in [2.75, 3.05) is 19.0 Å². The number of anilines is 1. The number of methoxy groups -OCH3 is 1. The molecule has 0 saturated heterocycles. The van der Waals surface area contributed by atoms with E-state index >= 15 is 0 Å². The van der Waals surface area contributed by atoms with Crippen molar-refractivity contribution < 1.29 is 4.74 Å². The maximum atomic E-state index is 5.30. The molecule has 2 rings (SSSR count). The smallest absolute Gasteiger partial charge is 0.126 e. The van der Waals surface area contributed by atoms with Crippen LogP contribution in [0, 0.1) is 6.92 Å². The highest BCUT2D eigenvalue weighted by molar-refractivity contribution is 5.67. The summed E-state index contributed by atoms with van der Waals surface area (Å²) in [5.41, 5.74) is 4.66. The summed E-state index contributed by atoms with van der Waals surface area (Å²) < 4.78 is 5.30. The Hall–Kier alpha value is -2.03. The number of aromatic nitrogens is 1. The van der Waals surface area contributed by atoms with Crippen LogP contribution in [0.2, 0.25) is 0 Å². The van der Waals surface area contributed by atoms with Crippen LogP contribution in [0.25, 0.3) is 11.3 Å². The van der Waals surface area contributed by atoms with Crippen molar-refractivity contribution in [1.29, 1.82) is 0 Å². The lowest BCUT2D eigenvalue weighted by molar-refractivity contribution is 0.414. The number of rotatable bonds is 5. The maximum absolute atomic E-state index is 5.30. The van der Waals surface area contributed by atoms with Gasteiger partial charge in [0, 0.05) is 12.1 Å². The average Bonchev–Trinajstić information content (AvgIpc) is 2.46. The molecular weight excluding hydrogens is 248 g/mol. The molecule has 0 unspecified atom stereocenters. The average molecular weight is 270 g/mol. The van der Waals surface area contributed by atoms with Crippen LogP contribution in [0.1, 0.15) is 25.0 Å². The van der Waals surface area contributed by atoms with Gasteiger partial charge in [0.05, 0.1) is 12.8 Å². The van der Waals surface area contributed by atoms with Crippen molar-refractivity contribution in [1.82, 2.24) is 4.98 Å². The monoisotopic (exact) mass is 270 g/mol. The number of pyridine rings is 1. The van der Waals surface area contributed by atoms with E-state index < -0.39 is 0 Å². The number of benzene rings is 1. The number of hydrogen-bond acceptors (Lipinski definition) is 3. The Morgan fingerprint density at radius 2 is 1.95 bits per heavy atom. The fraction of sp³-hybridized carbons (Fsp3) is 0.353. The van der Waals surface area contributed by atoms with Gasteiger partial charge in [0.1, 0.15) is 11.6 Å². The molecule has 0 aliphatic carbocycles. The Morgan fingerprint density at radius 3 is 2.60 bits per heavy atom. The largest absolute Gasteiger partial charge is 0.497 e. The highest BCUT2D eigenvalue weighted by Crippen LogP contribution is 2.28. The standard InChI is InChI=1S/C17H22N2O/c1-5-13-11-14(20-4)7-8-15(13)16-9-12(3)10-17(19-16)18-6-2/h7-11H,5-6H2,1-4H3,(H,18,19). The van der Waals surface area contributed by atoms with Crippen LogP contribution in [0.5, 0.6) is 5.75 Å². The minimum atomic E-state index is 0.874. The van der Waals surface area contributed by atoms with Crippen molar-refractivity contribution >= 4 is 5.82 Å². The number of nitrogens with one attached hydrogen (secondary N) is 1. The van der Waals surface area contributed by atoms with Crippen LogP contribution in [0.4, 0.5) is 5.82 Å². The molecule has 0 fully saturated rings. The van der Waals surface area contributed by atoms with E-state index in [0.717, 1.165) is 30.2 Å². The Morgan fingerprint density at radius 1 is 1.15 bits per heavy atom. The molecule has 0 saturated carbocycles. The van der Waals surface area contributed by atoms with E-state index in [2.05, 4.69) is 50.4 Å². The Bertz CT molecular complexity index is 594. The van der Waals surface area contributed by atoms with Crippen LogP contribution in [0.15, 0.2) is 30.3 Å². The summed E-state index contributed by atoms with van der Waals surface area (Å²) in [6.07, 6.45) is 0.957. The van der Waals surface area contributed by atoms with E-state index in [-0.39, 0.29) is 0 Å². The quantitative estimate of drug-likeness (QED) is 0.889. The van der Waals surface area contributed by atoms with Crippen LogP contribution in [-0.4, -0.2) is 18.6 Å². The summed E-state index contributed by atoms with van der Waals surface area (Å²) >= 11 is 0. The topological polar surface area (TPSA) is 34.1 Å². The van der Waals surface area contributed by atoms with Gasteiger partial charge in [0.15, 0.2) is 0 Å². The van der Waals surface area contributed by atoms with E-state index in [1.165, 1.54) is 16.7 Å². The number of ether oxygens (including phenoxy) is 1. The molecule has 3 nitrogen and oxygen atoms in total. The van der Waals surface area contributed by atoms with Crippen molar-refractivity contribution in [3.63, 3.8) is 0 Å². The second-order valence-corrected chi connectivity index (χ2v) is 4.82. The van der Waals surface area contributed by atoms with Crippen molar-refractivity contribution in [2.45, 2.75) is 27.2 Å². The Balaban J connectivity index is 2.50. The highest BCUT2D eigenvalue weighted by atomic mass is 16.5. The third-order valence-electron chi connectivity index (χ3n) is 3.30. The molecule has 1 aromatic heterocycles. The second-order valence-electron chi connectivity index (χ2n) is 4.82. The molecule has 0 aliphatic rings. The van der Waals surface area contributed by atoms with E-state index in [4.69, 9.17) is 9.72 Å². The minimum absolute atomic E-state index is 0.874. The van der Waals surface area contributed by atoms with Gasteiger partial charge in [-0.3, -0.25) is 0 Å². The molecular formula is C17H22N2O. The summed E-state index contributed by atoms with van der Waals surface area (Å²) in [5, 5.41) is 3.28. The molecule has 106 valence electrons. The molecule has 0 radical (unpaired) electrons. The molecule has 20 heavy (non-hydrogen) atoms. The van der Waals surface area contributed by atoms with Gasteiger partial charge in [-0.05, 0) is 61.7 Å². The zero-order valence-electron chi connectivity index (χ0n) is 12.7. The third kappa shape index (κ3) is 3.10. The van der Waals surface area contributed by atoms with Crippen LogP contribution < -0.4 is 10.1 Å². The summed E-state index contributed by atoms with van der Waals surface area (Å²) in [4.78, 5) is 4.71. The molecule has 1 aromatic carbocycles. The first-order valence-corrected chi connectivity index (χ1v) is 7.07. The molecule has 1 heterocycles. The lowest BCUT2D eigenvalue weighted by Gasteiger charge is -2.12. The van der Waals surface area contributed by atoms with Gasteiger partial charge in [-0.1, -0.05) is 6.92 Å². The fourth-order valence-corrected chi connectivity index (χ4v) is 2.32. The summed E-state index contributed by atoms with van der Waals surface area (Å²) in [5.74, 6) is 1.82. The predicted molar refractivity (Wildman–Crippen MR) is 84.5 cm³/mol. The minimum Gasteiger partial charge on any atom is -0.497 e. The molecule has 0 bridgehead atoms. The predicted octanol–water partition coefficient (Wildman–Crippen LogP) is 4.06. The van der Waals surface area contributed by atoms with Gasteiger partial charge in [-0.2, -0.15) is 0 Å². The van der Waals surface area contributed by atoms with Crippen molar-refractivity contribution in [3.05, 3.63) is 41.5 Å². The maximum Gasteiger partial charge on any atom is 0.126 e. The van der Waals surface area contributed by atoms with Crippen LogP contribution >= 0.6 is 0 Å². The van der Waals surface area contributed by atoms with Crippen molar-refractivity contribution in [3.8, 4) is 17.0 Å². The van der Waals surface area contributed by atoms with E-state index in [1.54, 1.807) is 7.11 Å². The van der Waals surface area contributed by atoms with E-state index in [1.807, 2.05) is 6.07 Å². The first kappa shape index (κ1) is 14.4. The number of aryl methyl sites for hydroxylation is 2. The second kappa shape index (κ2) is 6.42. The first-order chi connectivity index (χ1) is 9.67. The molecule has 0 amide bonds. The van der Waals surface area contributed by atoms with E-state index in [9.17, 15) is 0 Å². The lowest BCUT2D eigenvalue weighted by atomic mass is 10.0. The summed E-state index contributed by atoms with van der Waals surface area (Å²) in [7, 11) is 1.70. The van der Waals surface area contributed by atoms with E-state index in [0.29, 0.717) is 0 Å². The molecule has 2 aromatic rings. The first-order valence-electron chi connectivity index (χ1n) is 7.07. The molecule has 1 N–H and O–H groups in total. The highest BCUT2D eigenvalue weighted by Gasteiger charge is 2.08. The van der Waals surface area contributed by atoms with Gasteiger partial charge in [0.2, 0.25) is 0 Å². The third-order valence-corrected chi connectivity index (χ3v) is 3.30. The van der Waals surface area contributed by atoms with Gasteiger partial charge < -0.3 is 10.1 Å². The number of hydrogen-bond donors (Lipinski definition) is 1. The molecule has 0 spiro atoms. The Kier molecular flexibility index (Phi) is 4.61. The van der Waals surface area contributed by atoms with Crippen LogP contribution in [-0.2, 0) is 6.42 Å². The zero-order valence-corrected chi connectivity index (χ0v) is 12.7. The van der Waals surface area contributed by atoms with Gasteiger partial charge in [0.25, 0.3) is 0 Å². The molecule has 0 aliphatic heterocycles. The van der Waals surface area contributed by atoms with Crippen molar-refractivity contribution in [2.24, 2.45) is 0 Å². The van der Waals surface area contributed by atoms with Gasteiger partial charge in [-0.25, -0.2) is 4.98 Å². The van der Waals surface area contributed by atoms with Gasteiger partial charge >= 0.3 is 0 Å². The SMILES string of the molecule is CCNc1cc(C)cc(-c2ccc(OC)cc2CC)n1. The summed E-state index contributed by atoms with van der Waals surface area (Å²) in [6.45, 7) is 7.20. The lowest BCUT2D eigenvalue weighted by Crippen LogP contribution is -2.01.